The van der Waals surface area contributed by atoms with Gasteiger partial charge in [-0.25, -0.2) is 8.78 Å². The molecular formula is C10H13ClF2N2O. The minimum absolute atomic E-state index is 0. The topological polar surface area (TPSA) is 55.1 Å². The van der Waals surface area contributed by atoms with E-state index < -0.39 is 17.7 Å². The molecule has 1 atom stereocenters. The molecule has 0 fully saturated rings. The first-order valence-corrected chi connectivity index (χ1v) is 4.48. The number of nitrogens with one attached hydrogen (secondary N) is 1. The van der Waals surface area contributed by atoms with Crippen LogP contribution in [-0.4, -0.2) is 11.9 Å². The van der Waals surface area contributed by atoms with Crippen LogP contribution in [0.1, 0.15) is 12.5 Å². The molecule has 3 nitrogen and oxygen atoms in total. The lowest BCUT2D eigenvalue weighted by Gasteiger charge is -2.07. The molecule has 16 heavy (non-hydrogen) atoms. The zero-order valence-electron chi connectivity index (χ0n) is 8.67. The molecule has 0 heterocycles. The van der Waals surface area contributed by atoms with Crippen molar-refractivity contribution in [3.8, 4) is 0 Å². The van der Waals surface area contributed by atoms with Crippen LogP contribution in [0.3, 0.4) is 0 Å². The number of halogens is 3. The molecule has 1 aromatic rings. The van der Waals surface area contributed by atoms with Gasteiger partial charge in [0, 0.05) is 6.54 Å². The number of rotatable bonds is 3. The van der Waals surface area contributed by atoms with Crippen LogP contribution in [0.15, 0.2) is 18.2 Å². The van der Waals surface area contributed by atoms with Gasteiger partial charge in [0.25, 0.3) is 0 Å². The Balaban J connectivity index is 0.00000225. The second-order valence-electron chi connectivity index (χ2n) is 3.25. The second-order valence-corrected chi connectivity index (χ2v) is 3.25. The third-order valence-electron chi connectivity index (χ3n) is 1.86. The predicted molar refractivity (Wildman–Crippen MR) is 59.1 cm³/mol. The lowest BCUT2D eigenvalue weighted by atomic mass is 10.2. The highest BCUT2D eigenvalue weighted by Crippen LogP contribution is 2.08. The Bertz CT molecular complexity index is 372. The third kappa shape index (κ3) is 4.12. The SMILES string of the molecule is CC(N)C(=O)NCc1ccc(F)c(F)c1.Cl. The van der Waals surface area contributed by atoms with E-state index in [9.17, 15) is 13.6 Å². The molecule has 90 valence electrons. The molecule has 0 bridgehead atoms. The molecule has 1 amide bonds. The average Bonchev–Trinajstić information content (AvgIpc) is 2.19. The Morgan fingerprint density at radius 3 is 2.56 bits per heavy atom. The molecule has 0 spiro atoms. The van der Waals surface area contributed by atoms with Crippen molar-refractivity contribution in [1.29, 1.82) is 0 Å². The zero-order valence-corrected chi connectivity index (χ0v) is 9.48. The van der Waals surface area contributed by atoms with Crippen LogP contribution in [0.4, 0.5) is 8.78 Å². The number of carbonyl (C=O) groups excluding carboxylic acids is 1. The smallest absolute Gasteiger partial charge is 0.236 e. The third-order valence-corrected chi connectivity index (χ3v) is 1.86. The molecule has 1 aromatic carbocycles. The van der Waals surface area contributed by atoms with Gasteiger partial charge in [-0.15, -0.1) is 12.4 Å². The summed E-state index contributed by atoms with van der Waals surface area (Å²) in [6.45, 7) is 1.68. The van der Waals surface area contributed by atoms with E-state index in [4.69, 9.17) is 5.73 Å². The number of nitrogens with two attached hydrogens (primary N) is 1. The summed E-state index contributed by atoms with van der Waals surface area (Å²) in [5.41, 5.74) is 5.80. The maximum Gasteiger partial charge on any atom is 0.236 e. The molecule has 6 heteroatoms. The van der Waals surface area contributed by atoms with E-state index in [2.05, 4.69) is 5.32 Å². The van der Waals surface area contributed by atoms with Crippen molar-refractivity contribution in [2.75, 3.05) is 0 Å². The van der Waals surface area contributed by atoms with E-state index in [1.807, 2.05) is 0 Å². The highest BCUT2D eigenvalue weighted by Gasteiger charge is 2.07. The van der Waals surface area contributed by atoms with Crippen LogP contribution >= 0.6 is 12.4 Å². The van der Waals surface area contributed by atoms with Crippen molar-refractivity contribution in [3.05, 3.63) is 35.4 Å². The summed E-state index contributed by atoms with van der Waals surface area (Å²) in [4.78, 5) is 11.1. The normalized spacial score (nSPS) is 11.5. The molecule has 0 saturated carbocycles. The number of benzene rings is 1. The molecule has 0 aliphatic carbocycles. The van der Waals surface area contributed by atoms with Crippen LogP contribution in [0.2, 0.25) is 0 Å². The first kappa shape index (κ1) is 14.8. The first-order chi connectivity index (χ1) is 7.00. The quantitative estimate of drug-likeness (QED) is 0.851. The average molecular weight is 251 g/mol. The van der Waals surface area contributed by atoms with Gasteiger partial charge in [-0.05, 0) is 24.6 Å². The summed E-state index contributed by atoms with van der Waals surface area (Å²) in [7, 11) is 0. The summed E-state index contributed by atoms with van der Waals surface area (Å²) in [6, 6.07) is 2.84. The molecule has 0 aliphatic heterocycles. The van der Waals surface area contributed by atoms with E-state index in [0.29, 0.717) is 5.56 Å². The van der Waals surface area contributed by atoms with Gasteiger partial charge in [0.15, 0.2) is 11.6 Å². The Kier molecular flexibility index (Phi) is 5.92. The Morgan fingerprint density at radius 2 is 2.06 bits per heavy atom. The monoisotopic (exact) mass is 250 g/mol. The van der Waals surface area contributed by atoms with Gasteiger partial charge in [0.05, 0.1) is 6.04 Å². The van der Waals surface area contributed by atoms with E-state index in [-0.39, 0.29) is 24.9 Å². The Morgan fingerprint density at radius 1 is 1.44 bits per heavy atom. The standard InChI is InChI=1S/C10H12F2N2O.ClH/c1-6(13)10(15)14-5-7-2-3-8(11)9(12)4-7;/h2-4,6H,5,13H2,1H3,(H,14,15);1H. The fourth-order valence-corrected chi connectivity index (χ4v) is 1.000. The number of hydrogen-bond acceptors (Lipinski definition) is 2. The van der Waals surface area contributed by atoms with E-state index in [1.54, 1.807) is 6.92 Å². The highest BCUT2D eigenvalue weighted by molar-refractivity contribution is 5.85. The summed E-state index contributed by atoms with van der Waals surface area (Å²) in [6.07, 6.45) is 0. The fraction of sp³-hybridized carbons (Fsp3) is 0.300. The van der Waals surface area contributed by atoms with Crippen LogP contribution in [0.25, 0.3) is 0 Å². The number of carbonyl (C=O) groups is 1. The molecule has 0 aromatic heterocycles. The minimum atomic E-state index is -0.928. The largest absolute Gasteiger partial charge is 0.351 e. The van der Waals surface area contributed by atoms with Crippen molar-refractivity contribution in [3.63, 3.8) is 0 Å². The fourth-order valence-electron chi connectivity index (χ4n) is 1.000. The van der Waals surface area contributed by atoms with Gasteiger partial charge in [0.1, 0.15) is 0 Å². The Labute approximate surface area is 98.4 Å². The lowest BCUT2D eigenvalue weighted by Crippen LogP contribution is -2.37. The minimum Gasteiger partial charge on any atom is -0.351 e. The lowest BCUT2D eigenvalue weighted by molar-refractivity contribution is -0.122. The molecule has 0 saturated heterocycles. The maximum atomic E-state index is 12.7. The number of hydrogen-bond donors (Lipinski definition) is 2. The highest BCUT2D eigenvalue weighted by atomic mass is 35.5. The van der Waals surface area contributed by atoms with Crippen LogP contribution in [0.5, 0.6) is 0 Å². The van der Waals surface area contributed by atoms with Gasteiger partial charge in [-0.1, -0.05) is 6.07 Å². The summed E-state index contributed by atoms with van der Waals surface area (Å²) >= 11 is 0. The molecule has 3 N–H and O–H groups in total. The summed E-state index contributed by atoms with van der Waals surface area (Å²) < 4.78 is 25.3. The van der Waals surface area contributed by atoms with Crippen molar-refractivity contribution in [1.82, 2.24) is 5.32 Å². The predicted octanol–water partition coefficient (Wildman–Crippen LogP) is 1.35. The van der Waals surface area contributed by atoms with E-state index in [0.717, 1.165) is 12.1 Å². The van der Waals surface area contributed by atoms with Gasteiger partial charge in [-0.2, -0.15) is 0 Å². The van der Waals surface area contributed by atoms with E-state index >= 15 is 0 Å². The van der Waals surface area contributed by atoms with E-state index in [1.165, 1.54) is 6.07 Å². The summed E-state index contributed by atoms with van der Waals surface area (Å²) in [5.74, 6) is -2.17. The van der Waals surface area contributed by atoms with Gasteiger partial charge < -0.3 is 11.1 Å². The van der Waals surface area contributed by atoms with Gasteiger partial charge in [0.2, 0.25) is 5.91 Å². The van der Waals surface area contributed by atoms with Gasteiger partial charge >= 0.3 is 0 Å². The van der Waals surface area contributed by atoms with Gasteiger partial charge in [-0.3, -0.25) is 4.79 Å². The van der Waals surface area contributed by atoms with Crippen LogP contribution < -0.4 is 11.1 Å². The molecule has 0 radical (unpaired) electrons. The first-order valence-electron chi connectivity index (χ1n) is 4.48. The Hall–Kier alpha value is -1.20. The van der Waals surface area contributed by atoms with Crippen molar-refractivity contribution < 1.29 is 13.6 Å². The molecule has 0 aliphatic rings. The van der Waals surface area contributed by atoms with Crippen molar-refractivity contribution >= 4 is 18.3 Å². The second kappa shape index (κ2) is 6.40. The maximum absolute atomic E-state index is 12.7. The molecule has 1 rings (SSSR count). The van der Waals surface area contributed by atoms with Crippen molar-refractivity contribution in [2.45, 2.75) is 19.5 Å². The summed E-state index contributed by atoms with van der Waals surface area (Å²) in [5, 5.41) is 2.49. The van der Waals surface area contributed by atoms with Crippen LogP contribution in [-0.2, 0) is 11.3 Å². The number of amides is 1. The van der Waals surface area contributed by atoms with Crippen molar-refractivity contribution in [2.24, 2.45) is 5.73 Å². The molecule has 1 unspecified atom stereocenters. The molecular weight excluding hydrogens is 238 g/mol. The van der Waals surface area contributed by atoms with Crippen LogP contribution in [0, 0.1) is 11.6 Å². The zero-order chi connectivity index (χ0) is 11.4.